The standard InChI is InChI=1S/C13H21N5S/c1-5-14-12(13-10(4)15-17-19-13)8-11-6-7-18(16-11)9(2)3/h6-7,9,12,14H,5,8H2,1-4H3. The van der Waals surface area contributed by atoms with Crippen LogP contribution < -0.4 is 5.32 Å². The first-order valence-electron chi connectivity index (χ1n) is 6.68. The van der Waals surface area contributed by atoms with Crippen molar-refractivity contribution >= 4 is 11.5 Å². The molecule has 0 saturated carbocycles. The number of nitrogens with zero attached hydrogens (tertiary/aromatic N) is 4. The molecule has 19 heavy (non-hydrogen) atoms. The van der Waals surface area contributed by atoms with Crippen LogP contribution in [0.3, 0.4) is 0 Å². The molecular weight excluding hydrogens is 258 g/mol. The van der Waals surface area contributed by atoms with E-state index in [1.165, 1.54) is 16.4 Å². The van der Waals surface area contributed by atoms with Crippen molar-refractivity contribution in [2.45, 2.75) is 46.2 Å². The van der Waals surface area contributed by atoms with Gasteiger partial charge in [0.25, 0.3) is 0 Å². The van der Waals surface area contributed by atoms with E-state index in [4.69, 9.17) is 0 Å². The maximum absolute atomic E-state index is 4.61. The Morgan fingerprint density at radius 1 is 1.42 bits per heavy atom. The van der Waals surface area contributed by atoms with Crippen LogP contribution in [0.4, 0.5) is 0 Å². The molecule has 1 unspecified atom stereocenters. The molecule has 2 aromatic rings. The van der Waals surface area contributed by atoms with Gasteiger partial charge in [-0.05, 0) is 44.9 Å². The number of likely N-dealkylation sites (N-methyl/N-ethyl adjacent to an activating group) is 1. The Hall–Kier alpha value is -1.27. The largest absolute Gasteiger partial charge is 0.309 e. The number of aromatic nitrogens is 4. The molecule has 5 nitrogen and oxygen atoms in total. The molecule has 1 atom stereocenters. The summed E-state index contributed by atoms with van der Waals surface area (Å²) in [5.41, 5.74) is 2.12. The quantitative estimate of drug-likeness (QED) is 0.883. The number of rotatable bonds is 6. The molecule has 0 radical (unpaired) electrons. The van der Waals surface area contributed by atoms with Crippen LogP contribution in [-0.4, -0.2) is 25.9 Å². The van der Waals surface area contributed by atoms with Crippen molar-refractivity contribution in [3.8, 4) is 0 Å². The molecule has 0 aliphatic rings. The molecule has 0 aliphatic carbocycles. The Labute approximate surface area is 118 Å². The van der Waals surface area contributed by atoms with E-state index >= 15 is 0 Å². The third-order valence-electron chi connectivity index (χ3n) is 3.06. The lowest BCUT2D eigenvalue weighted by Gasteiger charge is -2.15. The minimum atomic E-state index is 0.250. The van der Waals surface area contributed by atoms with Gasteiger partial charge in [-0.25, -0.2) is 0 Å². The highest BCUT2D eigenvalue weighted by atomic mass is 32.1. The van der Waals surface area contributed by atoms with Gasteiger partial charge in [0.1, 0.15) is 0 Å². The van der Waals surface area contributed by atoms with E-state index in [9.17, 15) is 0 Å². The highest BCUT2D eigenvalue weighted by Gasteiger charge is 2.18. The molecule has 2 heterocycles. The first kappa shape index (κ1) is 14.1. The molecule has 1 N–H and O–H groups in total. The Kier molecular flexibility index (Phi) is 4.66. The van der Waals surface area contributed by atoms with Gasteiger partial charge in [-0.3, -0.25) is 4.68 Å². The van der Waals surface area contributed by atoms with Crippen molar-refractivity contribution in [2.75, 3.05) is 6.54 Å². The Morgan fingerprint density at radius 3 is 2.74 bits per heavy atom. The van der Waals surface area contributed by atoms with E-state index < -0.39 is 0 Å². The van der Waals surface area contributed by atoms with Crippen molar-refractivity contribution in [2.24, 2.45) is 0 Å². The van der Waals surface area contributed by atoms with E-state index in [0.29, 0.717) is 6.04 Å². The minimum absolute atomic E-state index is 0.250. The lowest BCUT2D eigenvalue weighted by atomic mass is 10.1. The molecule has 0 aliphatic heterocycles. The fourth-order valence-corrected chi connectivity index (χ4v) is 2.76. The van der Waals surface area contributed by atoms with Gasteiger partial charge < -0.3 is 5.32 Å². The maximum atomic E-state index is 4.61. The summed E-state index contributed by atoms with van der Waals surface area (Å²) in [7, 11) is 0. The third-order valence-corrected chi connectivity index (χ3v) is 4.00. The predicted molar refractivity (Wildman–Crippen MR) is 77.4 cm³/mol. The number of nitrogens with one attached hydrogen (secondary N) is 1. The summed E-state index contributed by atoms with van der Waals surface area (Å²) in [4.78, 5) is 1.21. The van der Waals surface area contributed by atoms with Gasteiger partial charge >= 0.3 is 0 Å². The molecular formula is C13H21N5S. The maximum Gasteiger partial charge on any atom is 0.0772 e. The van der Waals surface area contributed by atoms with Crippen LogP contribution in [-0.2, 0) is 6.42 Å². The lowest BCUT2D eigenvalue weighted by Crippen LogP contribution is -2.23. The zero-order chi connectivity index (χ0) is 13.8. The van der Waals surface area contributed by atoms with Crippen LogP contribution in [0.1, 0.15) is 49.1 Å². The van der Waals surface area contributed by atoms with Gasteiger partial charge in [-0.1, -0.05) is 11.4 Å². The summed E-state index contributed by atoms with van der Waals surface area (Å²) >= 11 is 1.47. The normalized spacial score (nSPS) is 13.1. The molecule has 0 fully saturated rings. The second kappa shape index (κ2) is 6.25. The molecule has 0 spiro atoms. The van der Waals surface area contributed by atoms with Gasteiger partial charge in [-0.2, -0.15) is 5.10 Å². The average molecular weight is 279 g/mol. The van der Waals surface area contributed by atoms with Crippen molar-refractivity contribution < 1.29 is 0 Å². The first-order chi connectivity index (χ1) is 9.11. The Morgan fingerprint density at radius 2 is 2.21 bits per heavy atom. The van der Waals surface area contributed by atoms with Crippen LogP contribution in [0.25, 0.3) is 0 Å². The van der Waals surface area contributed by atoms with Gasteiger partial charge in [0.2, 0.25) is 0 Å². The molecule has 6 heteroatoms. The molecule has 0 bridgehead atoms. The van der Waals surface area contributed by atoms with Gasteiger partial charge in [0.15, 0.2) is 0 Å². The molecule has 0 saturated heterocycles. The monoisotopic (exact) mass is 279 g/mol. The minimum Gasteiger partial charge on any atom is -0.309 e. The van der Waals surface area contributed by atoms with E-state index in [1.54, 1.807) is 0 Å². The third kappa shape index (κ3) is 3.39. The Balaban J connectivity index is 2.14. The summed E-state index contributed by atoms with van der Waals surface area (Å²) in [6.07, 6.45) is 2.92. The van der Waals surface area contributed by atoms with Crippen LogP contribution in [0.5, 0.6) is 0 Å². The van der Waals surface area contributed by atoms with Crippen molar-refractivity contribution in [1.29, 1.82) is 0 Å². The lowest BCUT2D eigenvalue weighted by molar-refractivity contribution is 0.508. The molecule has 2 rings (SSSR count). The van der Waals surface area contributed by atoms with Crippen molar-refractivity contribution in [3.05, 3.63) is 28.5 Å². The van der Waals surface area contributed by atoms with Crippen molar-refractivity contribution in [1.82, 2.24) is 24.7 Å². The van der Waals surface area contributed by atoms with Gasteiger partial charge in [0, 0.05) is 18.7 Å². The fraction of sp³-hybridized carbons (Fsp3) is 0.615. The second-order valence-corrected chi connectivity index (χ2v) is 5.70. The van der Waals surface area contributed by atoms with Crippen molar-refractivity contribution in [3.63, 3.8) is 0 Å². The number of aryl methyl sites for hydroxylation is 1. The topological polar surface area (TPSA) is 55.6 Å². The first-order valence-corrected chi connectivity index (χ1v) is 7.45. The van der Waals surface area contributed by atoms with E-state index in [2.05, 4.69) is 46.8 Å². The van der Waals surface area contributed by atoms with Crippen LogP contribution >= 0.6 is 11.5 Å². The highest BCUT2D eigenvalue weighted by Crippen LogP contribution is 2.23. The summed E-state index contributed by atoms with van der Waals surface area (Å²) in [5.74, 6) is 0. The number of hydrogen-bond donors (Lipinski definition) is 1. The second-order valence-electron chi connectivity index (χ2n) is 4.92. The summed E-state index contributed by atoms with van der Waals surface area (Å²) < 4.78 is 6.02. The SMILES string of the molecule is CCNC(Cc1ccn(C(C)C)n1)c1snnc1C. The zero-order valence-electron chi connectivity index (χ0n) is 11.9. The number of hydrogen-bond acceptors (Lipinski definition) is 5. The van der Waals surface area contributed by atoms with E-state index in [-0.39, 0.29) is 6.04 Å². The summed E-state index contributed by atoms with van der Waals surface area (Å²) in [6, 6.07) is 2.74. The average Bonchev–Trinajstić information content (AvgIpc) is 2.97. The van der Waals surface area contributed by atoms with E-state index in [1.807, 2.05) is 17.8 Å². The van der Waals surface area contributed by atoms with Gasteiger partial charge in [-0.15, -0.1) is 5.10 Å². The van der Waals surface area contributed by atoms with Crippen LogP contribution in [0.2, 0.25) is 0 Å². The molecule has 0 amide bonds. The summed E-state index contributed by atoms with van der Waals surface area (Å²) in [6.45, 7) is 9.32. The molecule has 2 aromatic heterocycles. The predicted octanol–water partition coefficient (Wildman–Crippen LogP) is 2.52. The fourth-order valence-electron chi connectivity index (χ4n) is 2.04. The molecule has 104 valence electrons. The highest BCUT2D eigenvalue weighted by molar-refractivity contribution is 7.05. The van der Waals surface area contributed by atoms with Crippen LogP contribution in [0, 0.1) is 6.92 Å². The van der Waals surface area contributed by atoms with Crippen LogP contribution in [0.15, 0.2) is 12.3 Å². The zero-order valence-corrected chi connectivity index (χ0v) is 12.7. The Bertz CT molecular complexity index is 517. The smallest absolute Gasteiger partial charge is 0.0772 e. The van der Waals surface area contributed by atoms with Gasteiger partial charge in [0.05, 0.1) is 22.3 Å². The van der Waals surface area contributed by atoms with E-state index in [0.717, 1.165) is 24.4 Å². The molecule has 0 aromatic carbocycles. The summed E-state index contributed by atoms with van der Waals surface area (Å²) in [5, 5.41) is 12.2.